The normalized spacial score (nSPS) is 17.8. The van der Waals surface area contributed by atoms with Crippen LogP contribution in [0.3, 0.4) is 0 Å². The Balaban J connectivity index is 1.94. The summed E-state index contributed by atoms with van der Waals surface area (Å²) < 4.78 is 18.5. The molecule has 1 saturated heterocycles. The molecule has 0 aromatic heterocycles. The summed E-state index contributed by atoms with van der Waals surface area (Å²) in [5.41, 5.74) is 0.720. The molecule has 1 atom stereocenters. The molecule has 23 heavy (non-hydrogen) atoms. The van der Waals surface area contributed by atoms with Crippen molar-refractivity contribution in [2.24, 2.45) is 0 Å². The summed E-state index contributed by atoms with van der Waals surface area (Å²) in [6.07, 6.45) is 0.631. The first kappa shape index (κ1) is 17.6. The quantitative estimate of drug-likeness (QED) is 0.859. The molecule has 1 N–H and O–H groups in total. The van der Waals surface area contributed by atoms with Crippen LogP contribution >= 0.6 is 11.8 Å². The van der Waals surface area contributed by atoms with Crippen LogP contribution < -0.4 is 4.74 Å². The molecule has 1 amide bonds. The van der Waals surface area contributed by atoms with Crippen molar-refractivity contribution in [3.8, 4) is 5.75 Å². The smallest absolute Gasteiger partial charge is 0.305 e. The molecule has 0 bridgehead atoms. The predicted octanol–water partition coefficient (Wildman–Crippen LogP) is 2.19. The number of methoxy groups -OCH3 is 1. The van der Waals surface area contributed by atoms with E-state index in [9.17, 15) is 14.0 Å². The number of carboxylic acid groups (broad SMARTS) is 1. The topological polar surface area (TPSA) is 66.8 Å². The Bertz CT molecular complexity index is 581. The maximum Gasteiger partial charge on any atom is 0.305 e. The van der Waals surface area contributed by atoms with Crippen LogP contribution in [-0.4, -0.2) is 53.1 Å². The molecule has 2 rings (SSSR count). The average molecular weight is 341 g/mol. The molecule has 1 aliphatic heterocycles. The predicted molar refractivity (Wildman–Crippen MR) is 86.4 cm³/mol. The Morgan fingerprint density at radius 3 is 2.91 bits per heavy atom. The number of hydrogen-bond acceptors (Lipinski definition) is 4. The molecular formula is C16H20FNO4S. The Morgan fingerprint density at radius 1 is 1.48 bits per heavy atom. The van der Waals surface area contributed by atoms with Crippen LogP contribution in [0.5, 0.6) is 5.75 Å². The zero-order chi connectivity index (χ0) is 16.8. The van der Waals surface area contributed by atoms with Crippen molar-refractivity contribution < 1.29 is 23.8 Å². The molecule has 0 radical (unpaired) electrons. The number of rotatable bonds is 6. The molecule has 0 saturated carbocycles. The number of carbonyl (C=O) groups excluding carboxylic acids is 1. The van der Waals surface area contributed by atoms with E-state index in [1.54, 1.807) is 28.8 Å². The van der Waals surface area contributed by atoms with Crippen LogP contribution in [0.1, 0.15) is 18.4 Å². The highest BCUT2D eigenvalue weighted by Gasteiger charge is 2.28. The van der Waals surface area contributed by atoms with Crippen molar-refractivity contribution in [3.05, 3.63) is 29.6 Å². The van der Waals surface area contributed by atoms with E-state index in [0.717, 1.165) is 11.3 Å². The Labute approximate surface area is 138 Å². The molecule has 1 aromatic rings. The van der Waals surface area contributed by atoms with Crippen LogP contribution in [0.2, 0.25) is 0 Å². The van der Waals surface area contributed by atoms with Crippen molar-refractivity contribution in [3.63, 3.8) is 0 Å². The SMILES string of the molecule is COc1ccc(CCC(=O)N2CCSCC2CC(=O)O)cc1F. The van der Waals surface area contributed by atoms with E-state index in [-0.39, 0.29) is 30.5 Å². The van der Waals surface area contributed by atoms with Crippen LogP contribution in [-0.2, 0) is 16.0 Å². The van der Waals surface area contributed by atoms with E-state index in [2.05, 4.69) is 0 Å². The van der Waals surface area contributed by atoms with Gasteiger partial charge in [-0.25, -0.2) is 4.39 Å². The standard InChI is InChI=1S/C16H20FNO4S/c1-22-14-4-2-11(8-13(14)17)3-5-15(19)18-6-7-23-10-12(18)9-16(20)21/h2,4,8,12H,3,5-7,9-10H2,1H3,(H,20,21). The lowest BCUT2D eigenvalue weighted by Crippen LogP contribution is -2.47. The van der Waals surface area contributed by atoms with Gasteiger partial charge in [-0.15, -0.1) is 0 Å². The van der Waals surface area contributed by atoms with Gasteiger partial charge >= 0.3 is 5.97 Å². The Hall–Kier alpha value is -1.76. The molecule has 1 aliphatic rings. The van der Waals surface area contributed by atoms with Crippen LogP contribution in [0.4, 0.5) is 4.39 Å². The lowest BCUT2D eigenvalue weighted by molar-refractivity contribution is -0.140. The first-order valence-electron chi connectivity index (χ1n) is 7.42. The first-order chi connectivity index (χ1) is 11.0. The van der Waals surface area contributed by atoms with Crippen molar-refractivity contribution >= 4 is 23.6 Å². The summed E-state index contributed by atoms with van der Waals surface area (Å²) >= 11 is 1.67. The molecule has 126 valence electrons. The fourth-order valence-corrected chi connectivity index (χ4v) is 3.68. The zero-order valence-corrected chi connectivity index (χ0v) is 13.8. The maximum atomic E-state index is 13.6. The van der Waals surface area contributed by atoms with Gasteiger partial charge in [0.25, 0.3) is 0 Å². The minimum absolute atomic E-state index is 0.0318. The van der Waals surface area contributed by atoms with Gasteiger partial charge in [-0.2, -0.15) is 11.8 Å². The fraction of sp³-hybridized carbons (Fsp3) is 0.500. The van der Waals surface area contributed by atoms with Crippen LogP contribution in [0.15, 0.2) is 18.2 Å². The van der Waals surface area contributed by atoms with Gasteiger partial charge in [0.15, 0.2) is 11.6 Å². The molecule has 7 heteroatoms. The number of nitrogens with zero attached hydrogens (tertiary/aromatic N) is 1. The number of aryl methyl sites for hydroxylation is 1. The van der Waals surface area contributed by atoms with Gasteiger partial charge in [0, 0.05) is 24.5 Å². The van der Waals surface area contributed by atoms with Gasteiger partial charge in [-0.3, -0.25) is 9.59 Å². The molecule has 1 aromatic carbocycles. The number of hydrogen-bond donors (Lipinski definition) is 1. The average Bonchev–Trinajstić information content (AvgIpc) is 2.52. The largest absolute Gasteiger partial charge is 0.494 e. The number of amides is 1. The van der Waals surface area contributed by atoms with Crippen molar-refractivity contribution in [1.82, 2.24) is 4.90 Å². The number of benzene rings is 1. The van der Waals surface area contributed by atoms with Gasteiger partial charge in [0.1, 0.15) is 0 Å². The number of ether oxygens (including phenoxy) is 1. The molecule has 1 unspecified atom stereocenters. The fourth-order valence-electron chi connectivity index (χ4n) is 2.61. The van der Waals surface area contributed by atoms with Crippen LogP contribution in [0, 0.1) is 5.82 Å². The van der Waals surface area contributed by atoms with E-state index < -0.39 is 11.8 Å². The summed E-state index contributed by atoms with van der Waals surface area (Å²) in [5.74, 6) is 0.222. The third kappa shape index (κ3) is 4.86. The van der Waals surface area contributed by atoms with Gasteiger partial charge in [-0.1, -0.05) is 6.07 Å². The number of aliphatic carboxylic acids is 1. The zero-order valence-electron chi connectivity index (χ0n) is 13.0. The Morgan fingerprint density at radius 2 is 2.26 bits per heavy atom. The highest BCUT2D eigenvalue weighted by atomic mass is 32.2. The second-order valence-corrected chi connectivity index (χ2v) is 6.53. The third-order valence-electron chi connectivity index (χ3n) is 3.80. The van der Waals surface area contributed by atoms with Crippen LogP contribution in [0.25, 0.3) is 0 Å². The number of halogens is 1. The lowest BCUT2D eigenvalue weighted by Gasteiger charge is -2.34. The maximum absolute atomic E-state index is 13.6. The number of carbonyl (C=O) groups is 2. The summed E-state index contributed by atoms with van der Waals surface area (Å²) in [4.78, 5) is 24.9. The Kier molecular flexibility index (Phi) is 6.27. The van der Waals surface area contributed by atoms with Gasteiger partial charge in [-0.05, 0) is 24.1 Å². The first-order valence-corrected chi connectivity index (χ1v) is 8.58. The molecular weight excluding hydrogens is 321 g/mol. The lowest BCUT2D eigenvalue weighted by atomic mass is 10.1. The summed E-state index contributed by atoms with van der Waals surface area (Å²) in [5, 5.41) is 8.95. The third-order valence-corrected chi connectivity index (χ3v) is 4.89. The highest BCUT2D eigenvalue weighted by Crippen LogP contribution is 2.22. The van der Waals surface area contributed by atoms with Gasteiger partial charge < -0.3 is 14.7 Å². The number of thioether (sulfide) groups is 1. The van der Waals surface area contributed by atoms with E-state index in [4.69, 9.17) is 9.84 Å². The molecule has 5 nitrogen and oxygen atoms in total. The van der Waals surface area contributed by atoms with Crippen molar-refractivity contribution in [2.45, 2.75) is 25.3 Å². The summed E-state index contributed by atoms with van der Waals surface area (Å²) in [7, 11) is 1.40. The van der Waals surface area contributed by atoms with E-state index in [1.165, 1.54) is 13.2 Å². The second kappa shape index (κ2) is 8.19. The van der Waals surface area contributed by atoms with Gasteiger partial charge in [0.05, 0.1) is 19.6 Å². The summed E-state index contributed by atoms with van der Waals surface area (Å²) in [6, 6.07) is 4.38. The van der Waals surface area contributed by atoms with E-state index >= 15 is 0 Å². The van der Waals surface area contributed by atoms with E-state index in [1.807, 2.05) is 0 Å². The second-order valence-electron chi connectivity index (χ2n) is 5.38. The van der Waals surface area contributed by atoms with Crippen molar-refractivity contribution in [1.29, 1.82) is 0 Å². The molecule has 1 heterocycles. The van der Waals surface area contributed by atoms with E-state index in [0.29, 0.717) is 18.7 Å². The highest BCUT2D eigenvalue weighted by molar-refractivity contribution is 7.99. The summed E-state index contributed by atoms with van der Waals surface area (Å²) in [6.45, 7) is 0.568. The van der Waals surface area contributed by atoms with Crippen molar-refractivity contribution in [2.75, 3.05) is 25.2 Å². The molecule has 0 spiro atoms. The number of carboxylic acids is 1. The molecule has 0 aliphatic carbocycles. The van der Waals surface area contributed by atoms with Gasteiger partial charge in [0.2, 0.25) is 5.91 Å². The molecule has 1 fully saturated rings. The minimum Gasteiger partial charge on any atom is -0.494 e. The monoisotopic (exact) mass is 341 g/mol. The minimum atomic E-state index is -0.896.